The highest BCUT2D eigenvalue weighted by molar-refractivity contribution is 7.89. The molecule has 1 amide bonds. The first-order chi connectivity index (χ1) is 14.1. The van der Waals surface area contributed by atoms with Gasteiger partial charge in [-0.25, -0.2) is 13.1 Å². The van der Waals surface area contributed by atoms with Crippen LogP contribution >= 0.6 is 0 Å². The lowest BCUT2D eigenvalue weighted by molar-refractivity contribution is -0.137. The van der Waals surface area contributed by atoms with Gasteiger partial charge in [0.25, 0.3) is 0 Å². The second-order valence-electron chi connectivity index (χ2n) is 6.95. The minimum atomic E-state index is -4.67. The van der Waals surface area contributed by atoms with Gasteiger partial charge in [0.1, 0.15) is 5.75 Å². The molecule has 1 aliphatic rings. The molecular formula is C20H21F3N2O4S. The average Bonchev–Trinajstić information content (AvgIpc) is 3.21. The van der Waals surface area contributed by atoms with Crippen LogP contribution in [0.2, 0.25) is 0 Å². The van der Waals surface area contributed by atoms with Crippen LogP contribution in [-0.4, -0.2) is 27.0 Å². The van der Waals surface area contributed by atoms with E-state index in [1.807, 2.05) is 4.72 Å². The lowest BCUT2D eigenvalue weighted by Crippen LogP contribution is -2.33. The van der Waals surface area contributed by atoms with Gasteiger partial charge >= 0.3 is 6.18 Å². The van der Waals surface area contributed by atoms with E-state index < -0.39 is 39.1 Å². The van der Waals surface area contributed by atoms with Crippen molar-refractivity contribution >= 4 is 21.6 Å². The second-order valence-corrected chi connectivity index (χ2v) is 8.71. The number of benzene rings is 2. The van der Waals surface area contributed by atoms with E-state index >= 15 is 0 Å². The van der Waals surface area contributed by atoms with Crippen LogP contribution in [0.15, 0.2) is 53.4 Å². The lowest BCUT2D eigenvalue weighted by atomic mass is 10.2. The third-order valence-corrected chi connectivity index (χ3v) is 6.04. The Morgan fingerprint density at radius 1 is 1.07 bits per heavy atom. The standard InChI is InChI=1S/C20H21F3N2O4S/c21-20(22,23)14-4-3-7-18(12-14)30(27,28)24-13-19(26)25-15-8-10-17(11-9-15)29-16-5-1-2-6-16/h3-4,7-12,16,24H,1-2,5-6,13H2,(H,25,26). The molecule has 0 aromatic heterocycles. The minimum absolute atomic E-state index is 0.204. The summed E-state index contributed by atoms with van der Waals surface area (Å²) in [6, 6.07) is 9.98. The summed E-state index contributed by atoms with van der Waals surface area (Å²) in [4.78, 5) is 11.5. The van der Waals surface area contributed by atoms with Crippen molar-refractivity contribution in [3.8, 4) is 5.75 Å². The van der Waals surface area contributed by atoms with Gasteiger partial charge in [0.2, 0.25) is 15.9 Å². The zero-order valence-electron chi connectivity index (χ0n) is 15.9. The molecule has 0 heterocycles. The fourth-order valence-electron chi connectivity index (χ4n) is 3.10. The maximum atomic E-state index is 12.8. The van der Waals surface area contributed by atoms with Crippen molar-refractivity contribution in [1.82, 2.24) is 4.72 Å². The first-order valence-electron chi connectivity index (χ1n) is 9.37. The van der Waals surface area contributed by atoms with Gasteiger partial charge in [0.15, 0.2) is 0 Å². The molecule has 0 radical (unpaired) electrons. The molecule has 0 saturated heterocycles. The lowest BCUT2D eigenvalue weighted by Gasteiger charge is -2.13. The summed E-state index contributed by atoms with van der Waals surface area (Å²) >= 11 is 0. The number of nitrogens with one attached hydrogen (secondary N) is 2. The zero-order valence-corrected chi connectivity index (χ0v) is 16.7. The van der Waals surface area contributed by atoms with Crippen LogP contribution in [0.1, 0.15) is 31.2 Å². The smallest absolute Gasteiger partial charge is 0.416 e. The monoisotopic (exact) mass is 442 g/mol. The molecule has 0 bridgehead atoms. The van der Waals surface area contributed by atoms with E-state index in [0.717, 1.165) is 43.9 Å². The zero-order chi connectivity index (χ0) is 21.8. The Labute approximate surface area is 172 Å². The van der Waals surface area contributed by atoms with Crippen molar-refractivity contribution in [3.63, 3.8) is 0 Å². The van der Waals surface area contributed by atoms with Gasteiger partial charge in [0, 0.05) is 5.69 Å². The SMILES string of the molecule is O=C(CNS(=O)(=O)c1cccc(C(F)(F)F)c1)Nc1ccc(OC2CCCC2)cc1. The quantitative estimate of drug-likeness (QED) is 0.680. The molecule has 0 aliphatic heterocycles. The first-order valence-corrected chi connectivity index (χ1v) is 10.9. The molecule has 2 aromatic carbocycles. The maximum absolute atomic E-state index is 12.8. The van der Waals surface area contributed by atoms with Crippen molar-refractivity contribution in [2.75, 3.05) is 11.9 Å². The number of hydrogen-bond donors (Lipinski definition) is 2. The molecular weight excluding hydrogens is 421 g/mol. The Bertz CT molecular complexity index is 986. The number of anilines is 1. The van der Waals surface area contributed by atoms with Crippen molar-refractivity contribution in [3.05, 3.63) is 54.1 Å². The number of hydrogen-bond acceptors (Lipinski definition) is 4. The van der Waals surface area contributed by atoms with Crippen molar-refractivity contribution in [2.24, 2.45) is 0 Å². The van der Waals surface area contributed by atoms with Crippen LogP contribution in [0.3, 0.4) is 0 Å². The molecule has 2 N–H and O–H groups in total. The molecule has 1 fully saturated rings. The van der Waals surface area contributed by atoms with E-state index in [-0.39, 0.29) is 6.10 Å². The molecule has 1 aliphatic carbocycles. The van der Waals surface area contributed by atoms with E-state index in [4.69, 9.17) is 4.74 Å². The summed E-state index contributed by atoms with van der Waals surface area (Å²) in [5, 5.41) is 2.52. The number of alkyl halides is 3. The largest absolute Gasteiger partial charge is 0.490 e. The van der Waals surface area contributed by atoms with Gasteiger partial charge in [0.05, 0.1) is 23.1 Å². The summed E-state index contributed by atoms with van der Waals surface area (Å²) in [5.74, 6) is 0.0279. The van der Waals surface area contributed by atoms with Crippen molar-refractivity contribution < 1.29 is 31.1 Å². The Morgan fingerprint density at radius 3 is 2.37 bits per heavy atom. The summed E-state index contributed by atoms with van der Waals surface area (Å²) in [7, 11) is -4.28. The average molecular weight is 442 g/mol. The molecule has 10 heteroatoms. The molecule has 1 saturated carbocycles. The Balaban J connectivity index is 1.54. The van der Waals surface area contributed by atoms with E-state index in [9.17, 15) is 26.4 Å². The summed E-state index contributed by atoms with van der Waals surface area (Å²) in [5.41, 5.74) is -0.647. The number of sulfonamides is 1. The Kier molecular flexibility index (Phi) is 6.67. The van der Waals surface area contributed by atoms with Gasteiger partial charge in [-0.3, -0.25) is 4.79 Å². The van der Waals surface area contributed by atoms with Gasteiger partial charge in [-0.05, 0) is 68.1 Å². The predicted octanol–water partition coefficient (Wildman–Crippen LogP) is 3.94. The summed E-state index contributed by atoms with van der Waals surface area (Å²) in [6.07, 6.45) is -0.133. The van der Waals surface area contributed by atoms with Gasteiger partial charge in [-0.1, -0.05) is 6.07 Å². The molecule has 30 heavy (non-hydrogen) atoms. The normalized spacial score (nSPS) is 15.2. The van der Waals surface area contributed by atoms with Crippen molar-refractivity contribution in [2.45, 2.75) is 42.9 Å². The number of carbonyl (C=O) groups excluding carboxylic acids is 1. The fourth-order valence-corrected chi connectivity index (χ4v) is 4.13. The van der Waals surface area contributed by atoms with Crippen molar-refractivity contribution in [1.29, 1.82) is 0 Å². The van der Waals surface area contributed by atoms with Crippen LogP contribution < -0.4 is 14.8 Å². The summed E-state index contributed by atoms with van der Waals surface area (Å²) < 4.78 is 70.5. The molecule has 0 atom stereocenters. The number of halogens is 3. The Hall–Kier alpha value is -2.59. The number of rotatable bonds is 7. The third-order valence-electron chi connectivity index (χ3n) is 4.64. The third kappa shape index (κ3) is 5.96. The van der Waals surface area contributed by atoms with E-state index in [2.05, 4.69) is 5.32 Å². The van der Waals surface area contributed by atoms with E-state index in [0.29, 0.717) is 17.5 Å². The fraction of sp³-hybridized carbons (Fsp3) is 0.350. The molecule has 2 aromatic rings. The van der Waals surface area contributed by atoms with Gasteiger partial charge in [-0.15, -0.1) is 0 Å². The number of carbonyl (C=O) groups is 1. The predicted molar refractivity (Wildman–Crippen MR) is 105 cm³/mol. The summed E-state index contributed by atoms with van der Waals surface area (Å²) in [6.45, 7) is -0.626. The van der Waals surface area contributed by atoms with E-state index in [1.54, 1.807) is 24.3 Å². The molecule has 3 rings (SSSR count). The van der Waals surface area contributed by atoms with Crippen LogP contribution in [0.4, 0.5) is 18.9 Å². The first kappa shape index (κ1) is 22.1. The number of ether oxygens (including phenoxy) is 1. The minimum Gasteiger partial charge on any atom is -0.490 e. The van der Waals surface area contributed by atoms with Crippen LogP contribution in [0, 0.1) is 0 Å². The Morgan fingerprint density at radius 2 is 1.73 bits per heavy atom. The maximum Gasteiger partial charge on any atom is 0.416 e. The van der Waals surface area contributed by atoms with Gasteiger partial charge in [-0.2, -0.15) is 13.2 Å². The van der Waals surface area contributed by atoms with Gasteiger partial charge < -0.3 is 10.1 Å². The highest BCUT2D eigenvalue weighted by Gasteiger charge is 2.31. The van der Waals surface area contributed by atoms with Crippen LogP contribution in [0.25, 0.3) is 0 Å². The highest BCUT2D eigenvalue weighted by atomic mass is 32.2. The highest BCUT2D eigenvalue weighted by Crippen LogP contribution is 2.30. The molecule has 162 valence electrons. The molecule has 0 unspecified atom stereocenters. The second kappa shape index (κ2) is 9.05. The van der Waals surface area contributed by atoms with E-state index in [1.165, 1.54) is 0 Å². The number of amides is 1. The molecule has 6 nitrogen and oxygen atoms in total. The topological polar surface area (TPSA) is 84.5 Å². The van der Waals surface area contributed by atoms with Crippen LogP contribution in [-0.2, 0) is 21.0 Å². The van der Waals surface area contributed by atoms with Crippen LogP contribution in [0.5, 0.6) is 5.75 Å². The molecule has 0 spiro atoms.